The normalized spacial score (nSPS) is 14.4. The van der Waals surface area contributed by atoms with Gasteiger partial charge in [0.2, 0.25) is 0 Å². The Labute approximate surface area is 134 Å². The zero-order chi connectivity index (χ0) is 16.6. The molecule has 0 saturated heterocycles. The molecule has 0 unspecified atom stereocenters. The van der Waals surface area contributed by atoms with Crippen LogP contribution < -0.4 is 5.32 Å². The number of rotatable bonds is 4. The third kappa shape index (κ3) is 2.90. The summed E-state index contributed by atoms with van der Waals surface area (Å²) >= 11 is 0. The molecule has 0 spiro atoms. The highest BCUT2D eigenvalue weighted by Crippen LogP contribution is 2.26. The Morgan fingerprint density at radius 2 is 1.83 bits per heavy atom. The second kappa shape index (κ2) is 5.76. The maximum atomic E-state index is 12.5. The maximum Gasteiger partial charge on any atom is 0.277 e. The molecule has 1 aromatic carbocycles. The van der Waals surface area contributed by atoms with Gasteiger partial charge < -0.3 is 9.73 Å². The number of nitrogens with one attached hydrogen (secondary N) is 1. The monoisotopic (exact) mass is 310 g/mol. The number of hydrogen-bond donors (Lipinski definition) is 1. The highest BCUT2D eigenvalue weighted by atomic mass is 16.3. The van der Waals surface area contributed by atoms with Crippen LogP contribution in [0, 0.1) is 20.8 Å². The lowest BCUT2D eigenvalue weighted by Gasteiger charge is -2.16. The Bertz CT molecular complexity index is 781. The number of aryl methyl sites for hydroxylation is 3. The van der Waals surface area contributed by atoms with Gasteiger partial charge in [0.05, 0.1) is 12.8 Å². The summed E-state index contributed by atoms with van der Waals surface area (Å²) in [5, 5.41) is 3.11. The van der Waals surface area contributed by atoms with E-state index < -0.39 is 0 Å². The number of carbonyl (C=O) groups is 2. The van der Waals surface area contributed by atoms with Crippen molar-refractivity contribution in [3.8, 4) is 0 Å². The molecule has 2 amide bonds. The minimum atomic E-state index is -0.342. The van der Waals surface area contributed by atoms with Crippen LogP contribution >= 0.6 is 0 Å². The molecular weight excluding hydrogens is 292 g/mol. The van der Waals surface area contributed by atoms with Gasteiger partial charge in [-0.1, -0.05) is 17.7 Å². The number of amides is 2. The molecule has 0 saturated carbocycles. The van der Waals surface area contributed by atoms with Crippen LogP contribution in [0.15, 0.2) is 46.7 Å². The lowest BCUT2D eigenvalue weighted by atomic mass is 10.0. The lowest BCUT2D eigenvalue weighted by molar-refractivity contribution is -0.138. The fourth-order valence-electron chi connectivity index (χ4n) is 2.82. The molecule has 2 aromatic rings. The summed E-state index contributed by atoms with van der Waals surface area (Å²) in [4.78, 5) is 25.7. The van der Waals surface area contributed by atoms with E-state index in [9.17, 15) is 9.59 Å². The first-order valence-electron chi connectivity index (χ1n) is 7.40. The summed E-state index contributed by atoms with van der Waals surface area (Å²) < 4.78 is 5.21. The van der Waals surface area contributed by atoms with Crippen molar-refractivity contribution in [2.75, 3.05) is 5.32 Å². The number of hydrogen-bond acceptors (Lipinski definition) is 4. The molecule has 3 rings (SSSR count). The van der Waals surface area contributed by atoms with Crippen molar-refractivity contribution in [3.63, 3.8) is 0 Å². The minimum Gasteiger partial charge on any atom is -0.467 e. The Hall–Kier alpha value is -2.82. The molecule has 5 heteroatoms. The summed E-state index contributed by atoms with van der Waals surface area (Å²) in [6, 6.07) is 7.54. The Morgan fingerprint density at radius 3 is 2.43 bits per heavy atom. The Morgan fingerprint density at radius 1 is 1.13 bits per heavy atom. The van der Waals surface area contributed by atoms with Gasteiger partial charge in [-0.05, 0) is 44.0 Å². The van der Waals surface area contributed by atoms with Gasteiger partial charge in [0.1, 0.15) is 11.5 Å². The van der Waals surface area contributed by atoms with Crippen LogP contribution in [0.1, 0.15) is 22.5 Å². The molecule has 0 radical (unpaired) electrons. The van der Waals surface area contributed by atoms with Gasteiger partial charge in [-0.2, -0.15) is 0 Å². The van der Waals surface area contributed by atoms with Gasteiger partial charge in [0.15, 0.2) is 0 Å². The van der Waals surface area contributed by atoms with E-state index in [4.69, 9.17) is 4.42 Å². The average Bonchev–Trinajstić information content (AvgIpc) is 3.07. The van der Waals surface area contributed by atoms with E-state index in [1.807, 2.05) is 32.9 Å². The van der Waals surface area contributed by atoms with Crippen LogP contribution in [0.25, 0.3) is 0 Å². The fourth-order valence-corrected chi connectivity index (χ4v) is 2.82. The zero-order valence-electron chi connectivity index (χ0n) is 13.3. The second-order valence-corrected chi connectivity index (χ2v) is 5.77. The molecule has 1 N–H and O–H groups in total. The van der Waals surface area contributed by atoms with Gasteiger partial charge in [0, 0.05) is 11.8 Å². The van der Waals surface area contributed by atoms with Crippen molar-refractivity contribution in [2.24, 2.45) is 0 Å². The molecular formula is C18H18N2O3. The van der Waals surface area contributed by atoms with Crippen molar-refractivity contribution >= 4 is 17.5 Å². The fraction of sp³-hybridized carbons (Fsp3) is 0.222. The van der Waals surface area contributed by atoms with E-state index in [1.54, 1.807) is 12.1 Å². The van der Waals surface area contributed by atoms with Crippen molar-refractivity contribution in [3.05, 3.63) is 64.8 Å². The number of benzene rings is 1. The van der Waals surface area contributed by atoms with E-state index in [0.717, 1.165) is 22.4 Å². The first-order valence-corrected chi connectivity index (χ1v) is 7.40. The molecule has 0 atom stereocenters. The molecule has 5 nitrogen and oxygen atoms in total. The molecule has 1 aromatic heterocycles. The number of nitrogens with zero attached hydrogens (tertiary/aromatic N) is 1. The van der Waals surface area contributed by atoms with Crippen molar-refractivity contribution in [1.82, 2.24) is 4.90 Å². The number of anilines is 1. The largest absolute Gasteiger partial charge is 0.467 e. The summed E-state index contributed by atoms with van der Waals surface area (Å²) in [6.07, 6.45) is 2.86. The van der Waals surface area contributed by atoms with Gasteiger partial charge in [-0.15, -0.1) is 0 Å². The molecule has 1 aliphatic rings. The first-order chi connectivity index (χ1) is 11.0. The van der Waals surface area contributed by atoms with Crippen LogP contribution in [0.4, 0.5) is 5.69 Å². The number of carbonyl (C=O) groups excluding carboxylic acids is 2. The van der Waals surface area contributed by atoms with E-state index in [1.165, 1.54) is 17.2 Å². The van der Waals surface area contributed by atoms with Crippen molar-refractivity contribution in [2.45, 2.75) is 27.3 Å². The summed E-state index contributed by atoms with van der Waals surface area (Å²) in [5.41, 5.74) is 4.38. The van der Waals surface area contributed by atoms with Gasteiger partial charge in [0.25, 0.3) is 11.8 Å². The van der Waals surface area contributed by atoms with E-state index in [0.29, 0.717) is 5.76 Å². The number of furan rings is 1. The predicted octanol–water partition coefficient (Wildman–Crippen LogP) is 3.07. The SMILES string of the molecule is Cc1cc(C)c(NC2=CC(=O)N(Cc3ccco3)C2=O)c(C)c1. The van der Waals surface area contributed by atoms with Gasteiger partial charge in [-0.3, -0.25) is 14.5 Å². The highest BCUT2D eigenvalue weighted by Gasteiger charge is 2.32. The third-order valence-electron chi connectivity index (χ3n) is 3.84. The molecule has 23 heavy (non-hydrogen) atoms. The zero-order valence-corrected chi connectivity index (χ0v) is 13.3. The van der Waals surface area contributed by atoms with Gasteiger partial charge in [-0.25, -0.2) is 0 Å². The van der Waals surface area contributed by atoms with Crippen molar-refractivity contribution < 1.29 is 14.0 Å². The highest BCUT2D eigenvalue weighted by molar-refractivity contribution is 6.17. The maximum absolute atomic E-state index is 12.5. The van der Waals surface area contributed by atoms with E-state index in [-0.39, 0.29) is 24.1 Å². The Balaban J connectivity index is 1.81. The predicted molar refractivity (Wildman–Crippen MR) is 86.6 cm³/mol. The molecule has 0 bridgehead atoms. The van der Waals surface area contributed by atoms with Crippen molar-refractivity contribution in [1.29, 1.82) is 0 Å². The summed E-state index contributed by atoms with van der Waals surface area (Å²) in [6.45, 7) is 6.12. The van der Waals surface area contributed by atoms with Crippen LogP contribution in [-0.4, -0.2) is 16.7 Å². The standard InChI is InChI=1S/C18H18N2O3/c1-11-7-12(2)17(13(3)8-11)19-15-9-16(21)20(18(15)22)10-14-5-4-6-23-14/h4-9,19H,10H2,1-3H3. The smallest absolute Gasteiger partial charge is 0.277 e. The molecule has 0 aliphatic carbocycles. The third-order valence-corrected chi connectivity index (χ3v) is 3.84. The van der Waals surface area contributed by atoms with E-state index >= 15 is 0 Å². The van der Waals surface area contributed by atoms with Crippen LogP contribution in [0.5, 0.6) is 0 Å². The second-order valence-electron chi connectivity index (χ2n) is 5.77. The summed E-state index contributed by atoms with van der Waals surface area (Å²) in [5.74, 6) is -0.105. The molecule has 118 valence electrons. The van der Waals surface area contributed by atoms with E-state index in [2.05, 4.69) is 5.32 Å². The van der Waals surface area contributed by atoms with Crippen LogP contribution in [0.3, 0.4) is 0 Å². The lowest BCUT2D eigenvalue weighted by Crippen LogP contribution is -2.31. The average molecular weight is 310 g/mol. The quantitative estimate of drug-likeness (QED) is 0.882. The van der Waals surface area contributed by atoms with Crippen LogP contribution in [0.2, 0.25) is 0 Å². The molecule has 1 aliphatic heterocycles. The summed E-state index contributed by atoms with van der Waals surface area (Å²) in [7, 11) is 0. The van der Waals surface area contributed by atoms with Gasteiger partial charge >= 0.3 is 0 Å². The first kappa shape index (κ1) is 15.1. The Kier molecular flexibility index (Phi) is 3.78. The minimum absolute atomic E-state index is 0.137. The molecule has 0 fully saturated rings. The molecule has 2 heterocycles. The number of imide groups is 1. The topological polar surface area (TPSA) is 62.6 Å². The van der Waals surface area contributed by atoms with Crippen LogP contribution in [-0.2, 0) is 16.1 Å².